The number of aromatic amines is 1. The summed E-state index contributed by atoms with van der Waals surface area (Å²) in [5, 5.41) is 36.1. The Labute approximate surface area is 118 Å². The molecule has 4 atom stereocenters. The molecule has 0 aromatic carbocycles. The maximum Gasteiger partial charge on any atom is 0.264 e. The molecule has 0 aliphatic carbocycles. The van der Waals surface area contributed by atoms with Crippen molar-refractivity contribution in [3.63, 3.8) is 0 Å². The SMILES string of the molecule is CNc1nn(C2O[C@H](CO)[C@@H](O)[C@H]2O)c2nc[nH]c(=O)c12. The van der Waals surface area contributed by atoms with Gasteiger partial charge in [0.1, 0.15) is 23.7 Å². The van der Waals surface area contributed by atoms with Crippen LogP contribution < -0.4 is 10.9 Å². The molecule has 3 rings (SSSR count). The minimum atomic E-state index is -1.30. The first-order valence-electron chi connectivity index (χ1n) is 6.34. The van der Waals surface area contributed by atoms with Gasteiger partial charge in [-0.1, -0.05) is 0 Å². The molecule has 10 nitrogen and oxygen atoms in total. The smallest absolute Gasteiger partial charge is 0.264 e. The number of aliphatic hydroxyl groups excluding tert-OH is 3. The lowest BCUT2D eigenvalue weighted by Gasteiger charge is -2.15. The van der Waals surface area contributed by atoms with Gasteiger partial charge < -0.3 is 30.4 Å². The first kappa shape index (κ1) is 13.9. The second-order valence-electron chi connectivity index (χ2n) is 4.70. The van der Waals surface area contributed by atoms with Crippen molar-refractivity contribution in [2.75, 3.05) is 19.0 Å². The molecule has 1 saturated heterocycles. The highest BCUT2D eigenvalue weighted by atomic mass is 16.6. The van der Waals surface area contributed by atoms with Crippen molar-refractivity contribution in [2.24, 2.45) is 0 Å². The van der Waals surface area contributed by atoms with Gasteiger partial charge in [0, 0.05) is 7.05 Å². The summed E-state index contributed by atoms with van der Waals surface area (Å²) in [5.41, 5.74) is -0.180. The number of anilines is 1. The molecule has 10 heteroatoms. The average Bonchev–Trinajstić information content (AvgIpc) is 2.99. The number of fused-ring (bicyclic) bond motifs is 1. The van der Waals surface area contributed by atoms with Gasteiger partial charge >= 0.3 is 0 Å². The number of ether oxygens (including phenoxy) is 1. The van der Waals surface area contributed by atoms with E-state index in [0.717, 1.165) is 0 Å². The zero-order valence-corrected chi connectivity index (χ0v) is 11.1. The Kier molecular flexibility index (Phi) is 3.37. The summed E-state index contributed by atoms with van der Waals surface area (Å²) in [4.78, 5) is 18.3. The molecule has 1 fully saturated rings. The molecule has 0 saturated carbocycles. The lowest BCUT2D eigenvalue weighted by Crippen LogP contribution is -2.33. The van der Waals surface area contributed by atoms with E-state index in [9.17, 15) is 15.0 Å². The summed E-state index contributed by atoms with van der Waals surface area (Å²) in [7, 11) is 1.59. The third-order valence-corrected chi connectivity index (χ3v) is 3.49. The van der Waals surface area contributed by atoms with Crippen molar-refractivity contribution < 1.29 is 20.1 Å². The Morgan fingerprint density at radius 2 is 2.24 bits per heavy atom. The van der Waals surface area contributed by atoms with Gasteiger partial charge in [0.15, 0.2) is 17.7 Å². The lowest BCUT2D eigenvalue weighted by atomic mass is 10.1. The van der Waals surface area contributed by atoms with Crippen LogP contribution >= 0.6 is 0 Å². The third-order valence-electron chi connectivity index (χ3n) is 3.49. The molecule has 0 radical (unpaired) electrons. The number of H-pyrrole nitrogens is 1. The summed E-state index contributed by atoms with van der Waals surface area (Å²) >= 11 is 0. The molecule has 0 bridgehead atoms. The van der Waals surface area contributed by atoms with Gasteiger partial charge in [-0.25, -0.2) is 9.67 Å². The molecule has 114 valence electrons. The van der Waals surface area contributed by atoms with Crippen molar-refractivity contribution in [1.29, 1.82) is 0 Å². The minimum absolute atomic E-state index is 0.206. The first-order valence-corrected chi connectivity index (χ1v) is 6.34. The summed E-state index contributed by atoms with van der Waals surface area (Å²) in [6.45, 7) is -0.444. The van der Waals surface area contributed by atoms with Crippen LogP contribution in [0.25, 0.3) is 11.0 Å². The molecular formula is C11H15N5O5. The second kappa shape index (κ2) is 5.07. The van der Waals surface area contributed by atoms with Gasteiger partial charge in [-0.2, -0.15) is 0 Å². The monoisotopic (exact) mass is 297 g/mol. The van der Waals surface area contributed by atoms with Crippen molar-refractivity contribution >= 4 is 16.9 Å². The highest BCUT2D eigenvalue weighted by Gasteiger charge is 2.44. The number of rotatable bonds is 3. The van der Waals surface area contributed by atoms with E-state index in [0.29, 0.717) is 0 Å². The second-order valence-corrected chi connectivity index (χ2v) is 4.70. The fourth-order valence-corrected chi connectivity index (χ4v) is 2.42. The maximum absolute atomic E-state index is 11.9. The highest BCUT2D eigenvalue weighted by Crippen LogP contribution is 2.31. The average molecular weight is 297 g/mol. The Morgan fingerprint density at radius 1 is 1.48 bits per heavy atom. The van der Waals surface area contributed by atoms with Crippen LogP contribution in [0, 0.1) is 0 Å². The van der Waals surface area contributed by atoms with E-state index in [1.165, 1.54) is 11.0 Å². The molecule has 3 heterocycles. The molecule has 0 amide bonds. The summed E-state index contributed by atoms with van der Waals surface area (Å²) in [6, 6.07) is 0. The molecule has 1 aliphatic rings. The molecule has 5 N–H and O–H groups in total. The quantitative estimate of drug-likeness (QED) is 0.428. The van der Waals surface area contributed by atoms with Gasteiger partial charge in [-0.3, -0.25) is 4.79 Å². The Hall–Kier alpha value is -2.01. The zero-order chi connectivity index (χ0) is 15.1. The number of hydrogen-bond donors (Lipinski definition) is 5. The van der Waals surface area contributed by atoms with E-state index in [-0.39, 0.29) is 22.4 Å². The van der Waals surface area contributed by atoms with Crippen LogP contribution in [0.3, 0.4) is 0 Å². The molecule has 21 heavy (non-hydrogen) atoms. The molecule has 0 spiro atoms. The van der Waals surface area contributed by atoms with Crippen molar-refractivity contribution in [2.45, 2.75) is 24.5 Å². The predicted octanol–water partition coefficient (Wildman–Crippen LogP) is -2.23. The third kappa shape index (κ3) is 2.00. The first-order chi connectivity index (χ1) is 10.1. The van der Waals surface area contributed by atoms with Crippen LogP contribution in [0.1, 0.15) is 6.23 Å². The van der Waals surface area contributed by atoms with Gasteiger partial charge in [0.05, 0.1) is 12.9 Å². The van der Waals surface area contributed by atoms with Crippen LogP contribution in [-0.2, 0) is 4.74 Å². The van der Waals surface area contributed by atoms with Gasteiger partial charge in [-0.15, -0.1) is 5.10 Å². The van der Waals surface area contributed by atoms with Crippen LogP contribution in [0.2, 0.25) is 0 Å². The Balaban J connectivity index is 2.14. The molecule has 2 aromatic rings. The Bertz CT molecular complexity index is 713. The standard InChI is InChI=1S/C11H15N5O5/c1-12-8-5-9(13-3-14-10(5)20)16(15-8)11-7(19)6(18)4(2-17)21-11/h3-4,6-7,11,17-19H,2H2,1H3,(H,12,15)(H,13,14,20)/t4-,6-,7-,11?/m1/s1. The van der Waals surface area contributed by atoms with E-state index >= 15 is 0 Å². The molecule has 1 aliphatic heterocycles. The number of aliphatic hydroxyl groups is 3. The predicted molar refractivity (Wildman–Crippen MR) is 70.7 cm³/mol. The largest absolute Gasteiger partial charge is 0.394 e. The summed E-state index contributed by atoms with van der Waals surface area (Å²) in [5.74, 6) is 0.275. The van der Waals surface area contributed by atoms with Crippen LogP contribution in [0.5, 0.6) is 0 Å². The number of nitrogens with one attached hydrogen (secondary N) is 2. The molecule has 2 aromatic heterocycles. The van der Waals surface area contributed by atoms with E-state index < -0.39 is 31.1 Å². The normalized spacial score (nSPS) is 29.1. The van der Waals surface area contributed by atoms with Gasteiger partial charge in [0.25, 0.3) is 5.56 Å². The zero-order valence-electron chi connectivity index (χ0n) is 11.1. The van der Waals surface area contributed by atoms with Crippen molar-refractivity contribution in [1.82, 2.24) is 19.7 Å². The topological polar surface area (TPSA) is 146 Å². The van der Waals surface area contributed by atoms with Crippen molar-refractivity contribution in [3.05, 3.63) is 16.7 Å². The van der Waals surface area contributed by atoms with E-state index in [2.05, 4.69) is 20.4 Å². The fourth-order valence-electron chi connectivity index (χ4n) is 2.42. The van der Waals surface area contributed by atoms with E-state index in [1.807, 2.05) is 0 Å². The van der Waals surface area contributed by atoms with Gasteiger partial charge in [0.2, 0.25) is 0 Å². The maximum atomic E-state index is 11.9. The highest BCUT2D eigenvalue weighted by molar-refractivity contribution is 5.86. The number of hydrogen-bond acceptors (Lipinski definition) is 8. The summed E-state index contributed by atoms with van der Waals surface area (Å²) in [6.07, 6.45) is -3.31. The van der Waals surface area contributed by atoms with Crippen molar-refractivity contribution in [3.8, 4) is 0 Å². The summed E-state index contributed by atoms with van der Waals surface area (Å²) < 4.78 is 6.62. The lowest BCUT2D eigenvalue weighted by molar-refractivity contribution is -0.0565. The van der Waals surface area contributed by atoms with E-state index in [4.69, 9.17) is 9.84 Å². The minimum Gasteiger partial charge on any atom is -0.394 e. The molecule has 1 unspecified atom stereocenters. The van der Waals surface area contributed by atoms with Crippen LogP contribution in [-0.4, -0.2) is 67.0 Å². The number of aromatic nitrogens is 4. The van der Waals surface area contributed by atoms with E-state index in [1.54, 1.807) is 7.05 Å². The Morgan fingerprint density at radius 3 is 2.86 bits per heavy atom. The fraction of sp³-hybridized carbons (Fsp3) is 0.545. The number of nitrogens with zero attached hydrogens (tertiary/aromatic N) is 3. The molecular weight excluding hydrogens is 282 g/mol. The van der Waals surface area contributed by atoms with Gasteiger partial charge in [-0.05, 0) is 0 Å². The van der Waals surface area contributed by atoms with Crippen LogP contribution in [0.4, 0.5) is 5.82 Å². The van der Waals surface area contributed by atoms with Crippen LogP contribution in [0.15, 0.2) is 11.1 Å².